The van der Waals surface area contributed by atoms with Gasteiger partial charge in [-0.15, -0.1) is 0 Å². The topological polar surface area (TPSA) is 366 Å². The summed E-state index contributed by atoms with van der Waals surface area (Å²) < 4.78 is 0. The van der Waals surface area contributed by atoms with Crippen LogP contribution >= 0.6 is 0 Å². The first kappa shape index (κ1) is 43.0. The Morgan fingerprint density at radius 3 is 0.227 bits per heavy atom. The van der Waals surface area contributed by atoms with Gasteiger partial charge in [0.15, 0.2) is 0 Å². The molecule has 0 atom stereocenters. The van der Waals surface area contributed by atoms with Crippen LogP contribution in [0.1, 0.15) is 0 Å². The summed E-state index contributed by atoms with van der Waals surface area (Å²) in [6, 6.07) is 0. The Labute approximate surface area is 124 Å². The van der Waals surface area contributed by atoms with Crippen LogP contribution in [0, 0.1) is 0 Å². The fourth-order valence-corrected chi connectivity index (χ4v) is 0. The molecule has 0 radical (unpaired) electrons. The van der Waals surface area contributed by atoms with Crippen molar-refractivity contribution < 1.29 is 86.3 Å². The molecule has 0 unspecified atom stereocenters. The third kappa shape index (κ3) is 54100. The lowest BCUT2D eigenvalue weighted by molar-refractivity contribution is 0.276. The Morgan fingerprint density at radius 2 is 0.227 bits per heavy atom. The predicted octanol–water partition coefficient (Wildman–Crippen LogP) is -11.9. The number of hydrogen-bond acceptors (Lipinski definition) is 15. The summed E-state index contributed by atoms with van der Waals surface area (Å²) in [5.74, 6) is 0. The van der Waals surface area contributed by atoms with Gasteiger partial charge in [-0.3, -0.25) is 0 Å². The van der Waals surface area contributed by atoms with Crippen molar-refractivity contribution in [2.24, 2.45) is 0 Å². The van der Waals surface area contributed by atoms with Crippen LogP contribution < -0.4 is 0 Å². The van der Waals surface area contributed by atoms with Crippen molar-refractivity contribution in [3.05, 3.63) is 0 Å². The third-order valence-corrected chi connectivity index (χ3v) is 0. The summed E-state index contributed by atoms with van der Waals surface area (Å²) in [5, 5.41) is 108. The zero-order valence-electron chi connectivity index (χ0n) is 10.6. The number of rotatable bonds is 0. The first-order chi connectivity index (χ1) is 8.66. The van der Waals surface area contributed by atoms with E-state index in [0.29, 0.717) is 0 Å². The molecule has 136 valence electrons. The maximum absolute atomic E-state index is 7.17. The van der Waals surface area contributed by atoms with E-state index < -0.39 is 36.6 Å². The molecule has 19 N–H and O–H groups in total. The monoisotopic (exact) mass is 346 g/mol. The second-order valence-electron chi connectivity index (χ2n) is 1.73. The van der Waals surface area contributed by atoms with E-state index in [2.05, 4.69) is 0 Å². The van der Waals surface area contributed by atoms with Crippen molar-refractivity contribution in [2.45, 2.75) is 0 Å². The van der Waals surface area contributed by atoms with Gasteiger partial charge in [0.05, 0.1) is 0 Å². The molecule has 22 heavy (non-hydrogen) atoms. The van der Waals surface area contributed by atoms with Crippen molar-refractivity contribution in [3.8, 4) is 0 Å². The molecular weight excluding hydrogens is 326 g/mol. The maximum Gasteiger partial charge on any atom is 0.631 e. The highest BCUT2D eigenvalue weighted by molar-refractivity contribution is 6.31. The molecule has 0 heterocycles. The molecule has 0 aromatic rings. The van der Waals surface area contributed by atoms with Crippen LogP contribution in [0.5, 0.6) is 0 Å². The maximum atomic E-state index is 7.17. The van der Waals surface area contributed by atoms with E-state index >= 15 is 0 Å². The molecule has 0 rings (SSSR count). The molecule has 0 fully saturated rings. The summed E-state index contributed by atoms with van der Waals surface area (Å²) in [6.45, 7) is 0. The summed E-state index contributed by atoms with van der Waals surface area (Å²) in [6.07, 6.45) is 0. The molecule has 0 aromatic heterocycles. The van der Waals surface area contributed by atoms with Gasteiger partial charge in [0.2, 0.25) is 0 Å². The van der Waals surface area contributed by atoms with E-state index in [-0.39, 0.29) is 11.0 Å². The van der Waals surface area contributed by atoms with E-state index in [1.165, 1.54) is 0 Å². The van der Waals surface area contributed by atoms with Gasteiger partial charge >= 0.3 is 36.6 Å². The molecule has 0 aromatic carbocycles. The van der Waals surface area contributed by atoms with E-state index in [0.717, 1.165) is 0 Å². The molecule has 0 aliphatic carbocycles. The van der Waals surface area contributed by atoms with Gasteiger partial charge in [-0.05, 0) is 0 Å². The molecule has 17 nitrogen and oxygen atoms in total. The van der Waals surface area contributed by atoms with Gasteiger partial charge in [-0.2, -0.15) is 0 Å². The molecule has 0 spiro atoms. The van der Waals surface area contributed by atoms with E-state index in [1.54, 1.807) is 0 Å². The Balaban J connectivity index is -0.0000000250. The fraction of sp³-hybridized carbons (Fsp3) is 0. The Morgan fingerprint density at radius 1 is 0.227 bits per heavy atom. The molecule has 0 bridgehead atoms. The smallest absolute Gasteiger partial charge is 0.412 e. The van der Waals surface area contributed by atoms with Gasteiger partial charge in [0.1, 0.15) is 0 Å². The van der Waals surface area contributed by atoms with Crippen LogP contribution in [-0.2, 0) is 0 Å². The van der Waals surface area contributed by atoms with Crippen LogP contribution in [0.25, 0.3) is 0 Å². The average Bonchev–Trinajstić information content (AvgIpc) is 1.94. The average molecular weight is 345 g/mol. The van der Waals surface area contributed by atoms with Gasteiger partial charge in [0.25, 0.3) is 0 Å². The van der Waals surface area contributed by atoms with E-state index in [9.17, 15) is 0 Å². The SMILES string of the molecule is O.O.OB(O)O.OB(O)O.OB(O)O.OB(O)O.OB(O)O. The highest BCUT2D eigenvalue weighted by Crippen LogP contribution is 1.41. The zero-order chi connectivity index (χ0) is 17.9. The van der Waals surface area contributed by atoms with Crippen LogP contribution in [-0.4, -0.2) is 123 Å². The molecule has 0 amide bonds. The van der Waals surface area contributed by atoms with Crippen molar-refractivity contribution in [1.29, 1.82) is 0 Å². The fourth-order valence-electron chi connectivity index (χ4n) is 0. The van der Waals surface area contributed by atoms with Crippen molar-refractivity contribution >= 4 is 36.6 Å². The van der Waals surface area contributed by atoms with E-state index in [4.69, 9.17) is 75.4 Å². The van der Waals surface area contributed by atoms with Gasteiger partial charge in [0, 0.05) is 0 Å². The summed E-state index contributed by atoms with van der Waals surface area (Å²) in [7, 11) is -10.8. The van der Waals surface area contributed by atoms with Crippen LogP contribution in [0.4, 0.5) is 0 Å². The van der Waals surface area contributed by atoms with Crippen molar-refractivity contribution in [2.75, 3.05) is 0 Å². The minimum atomic E-state index is -2.17. The second-order valence-corrected chi connectivity index (χ2v) is 1.73. The zero-order valence-corrected chi connectivity index (χ0v) is 10.6. The second kappa shape index (κ2) is 37.1. The Hall–Kier alpha value is -0.355. The highest BCUT2D eigenvalue weighted by Gasteiger charge is 1.94. The number of hydrogen-bond donors (Lipinski definition) is 15. The van der Waals surface area contributed by atoms with Crippen LogP contribution in [0.15, 0.2) is 0 Å². The molecular formula is H19B5O17. The highest BCUT2D eigenvalue weighted by atomic mass is 16.5. The Bertz CT molecular complexity index is 75.6. The summed E-state index contributed by atoms with van der Waals surface area (Å²) in [4.78, 5) is 0. The summed E-state index contributed by atoms with van der Waals surface area (Å²) >= 11 is 0. The minimum absolute atomic E-state index is 0. The normalized spacial score (nSPS) is 6.14. The third-order valence-electron chi connectivity index (χ3n) is 0. The first-order valence-electron chi connectivity index (χ1n) is 3.87. The van der Waals surface area contributed by atoms with Gasteiger partial charge in [-0.1, -0.05) is 0 Å². The van der Waals surface area contributed by atoms with Crippen molar-refractivity contribution in [1.82, 2.24) is 0 Å². The summed E-state index contributed by atoms with van der Waals surface area (Å²) in [5.41, 5.74) is 0. The van der Waals surface area contributed by atoms with Crippen molar-refractivity contribution in [3.63, 3.8) is 0 Å². The lowest BCUT2D eigenvalue weighted by atomic mass is 10.3. The van der Waals surface area contributed by atoms with Crippen LogP contribution in [0.3, 0.4) is 0 Å². The molecule has 0 aliphatic rings. The van der Waals surface area contributed by atoms with Crippen LogP contribution in [0.2, 0.25) is 0 Å². The molecule has 0 saturated carbocycles. The standard InChI is InChI=1S/5BH3O3.2H2O/c5*2-1(3)4;;/h5*2-4H;2*1H2. The first-order valence-corrected chi connectivity index (χ1v) is 3.87. The minimum Gasteiger partial charge on any atom is -0.412 e. The Kier molecular flexibility index (Phi) is 72.6. The predicted molar refractivity (Wildman–Crippen MR) is 69.3 cm³/mol. The molecule has 0 aliphatic heterocycles. The largest absolute Gasteiger partial charge is 0.631 e. The quantitative estimate of drug-likeness (QED) is 0.181. The lowest BCUT2D eigenvalue weighted by Crippen LogP contribution is -2.07. The van der Waals surface area contributed by atoms with Gasteiger partial charge < -0.3 is 86.3 Å². The van der Waals surface area contributed by atoms with E-state index in [1.807, 2.05) is 0 Å². The lowest BCUT2D eigenvalue weighted by Gasteiger charge is -1.69. The van der Waals surface area contributed by atoms with Gasteiger partial charge in [-0.25, -0.2) is 0 Å². The molecule has 22 heteroatoms. The molecule has 0 saturated heterocycles.